The largest absolute Gasteiger partial charge is 0.322 e. The average Bonchev–Trinajstić information content (AvgIpc) is 2.71. The Labute approximate surface area is 178 Å². The van der Waals surface area contributed by atoms with Crippen LogP contribution in [-0.4, -0.2) is 21.4 Å². The van der Waals surface area contributed by atoms with Crippen LogP contribution < -0.4 is 9.62 Å². The lowest BCUT2D eigenvalue weighted by molar-refractivity contribution is 0.102. The minimum atomic E-state index is -3.69. The van der Waals surface area contributed by atoms with Crippen LogP contribution >= 0.6 is 0 Å². The summed E-state index contributed by atoms with van der Waals surface area (Å²) in [7, 11) is -2.17. The van der Waals surface area contributed by atoms with Crippen molar-refractivity contribution in [2.75, 3.05) is 16.7 Å². The molecule has 0 heterocycles. The summed E-state index contributed by atoms with van der Waals surface area (Å²) in [4.78, 5) is 12.9. The number of rotatable bonds is 5. The van der Waals surface area contributed by atoms with Crippen molar-refractivity contribution >= 4 is 27.3 Å². The topological polar surface area (TPSA) is 66.5 Å². The molecule has 0 saturated heterocycles. The van der Waals surface area contributed by atoms with E-state index in [0.717, 1.165) is 22.4 Å². The Bertz CT molecular complexity index is 1200. The number of anilines is 2. The van der Waals surface area contributed by atoms with E-state index < -0.39 is 10.0 Å². The molecule has 1 N–H and O–H groups in total. The van der Waals surface area contributed by atoms with E-state index in [0.29, 0.717) is 16.8 Å². The van der Waals surface area contributed by atoms with Gasteiger partial charge in [-0.3, -0.25) is 9.10 Å². The molecule has 3 aromatic carbocycles. The van der Waals surface area contributed by atoms with Crippen molar-refractivity contribution in [1.29, 1.82) is 0 Å². The van der Waals surface area contributed by atoms with Crippen molar-refractivity contribution in [3.05, 3.63) is 88.5 Å². The van der Waals surface area contributed by atoms with Crippen molar-refractivity contribution in [2.45, 2.75) is 32.6 Å². The molecule has 0 spiro atoms. The van der Waals surface area contributed by atoms with Gasteiger partial charge in [0, 0.05) is 18.3 Å². The number of amides is 1. The quantitative estimate of drug-likeness (QED) is 0.629. The molecule has 0 bridgehead atoms. The van der Waals surface area contributed by atoms with E-state index in [-0.39, 0.29) is 10.8 Å². The van der Waals surface area contributed by atoms with E-state index in [1.54, 1.807) is 49.4 Å². The summed E-state index contributed by atoms with van der Waals surface area (Å²) >= 11 is 0. The van der Waals surface area contributed by atoms with Crippen LogP contribution in [0, 0.1) is 27.7 Å². The molecular weight excluding hydrogens is 396 g/mol. The average molecular weight is 423 g/mol. The standard InChI is InChI=1S/C24H26N2O3S/c1-16-9-12-21(13-10-16)30(28,29)26(5)23-14-11-20(15-18(23)3)24(27)25-22-8-6-7-17(2)19(22)4/h6-15H,1-5H3,(H,25,27). The number of benzene rings is 3. The number of carbonyl (C=O) groups is 1. The lowest BCUT2D eigenvalue weighted by atomic mass is 10.1. The monoisotopic (exact) mass is 422 g/mol. The van der Waals surface area contributed by atoms with Gasteiger partial charge in [0.2, 0.25) is 0 Å². The Morgan fingerprint density at radius 3 is 2.17 bits per heavy atom. The Kier molecular flexibility index (Phi) is 5.99. The Balaban J connectivity index is 1.86. The molecule has 0 saturated carbocycles. The molecule has 0 unspecified atom stereocenters. The van der Waals surface area contributed by atoms with Crippen LogP contribution in [0.5, 0.6) is 0 Å². The molecule has 30 heavy (non-hydrogen) atoms. The Hall–Kier alpha value is -3.12. The van der Waals surface area contributed by atoms with Gasteiger partial charge in [-0.1, -0.05) is 29.8 Å². The second kappa shape index (κ2) is 8.32. The molecule has 1 amide bonds. The van der Waals surface area contributed by atoms with Crippen LogP contribution in [-0.2, 0) is 10.0 Å². The normalized spacial score (nSPS) is 11.2. The molecular formula is C24H26N2O3S. The van der Waals surface area contributed by atoms with Crippen LogP contribution in [0.1, 0.15) is 32.6 Å². The third-order valence-electron chi connectivity index (χ3n) is 5.33. The van der Waals surface area contributed by atoms with E-state index in [2.05, 4.69) is 5.32 Å². The van der Waals surface area contributed by atoms with E-state index in [9.17, 15) is 13.2 Å². The van der Waals surface area contributed by atoms with Gasteiger partial charge in [0.05, 0.1) is 10.6 Å². The summed E-state index contributed by atoms with van der Waals surface area (Å²) in [6.07, 6.45) is 0. The molecule has 3 rings (SSSR count). The van der Waals surface area contributed by atoms with Gasteiger partial charge in [0.1, 0.15) is 0 Å². The lowest BCUT2D eigenvalue weighted by Gasteiger charge is -2.22. The Morgan fingerprint density at radius 1 is 0.867 bits per heavy atom. The summed E-state index contributed by atoms with van der Waals surface area (Å²) in [5.74, 6) is -0.234. The molecule has 6 heteroatoms. The summed E-state index contributed by atoms with van der Waals surface area (Å²) < 4.78 is 27.2. The SMILES string of the molecule is Cc1ccc(S(=O)(=O)N(C)c2ccc(C(=O)Nc3cccc(C)c3C)cc2C)cc1. The molecule has 0 aliphatic rings. The van der Waals surface area contributed by atoms with Crippen LogP contribution in [0.4, 0.5) is 11.4 Å². The molecule has 0 atom stereocenters. The molecule has 0 aromatic heterocycles. The number of hydrogen-bond acceptors (Lipinski definition) is 3. The van der Waals surface area contributed by atoms with Crippen molar-refractivity contribution < 1.29 is 13.2 Å². The van der Waals surface area contributed by atoms with E-state index in [4.69, 9.17) is 0 Å². The number of sulfonamides is 1. The van der Waals surface area contributed by atoms with Crippen molar-refractivity contribution in [2.24, 2.45) is 0 Å². The zero-order valence-corrected chi connectivity index (χ0v) is 18.7. The fraction of sp³-hybridized carbons (Fsp3) is 0.208. The highest BCUT2D eigenvalue weighted by Gasteiger charge is 2.23. The van der Waals surface area contributed by atoms with Crippen molar-refractivity contribution in [3.63, 3.8) is 0 Å². The van der Waals surface area contributed by atoms with Gasteiger partial charge in [-0.05, 0) is 80.8 Å². The number of carbonyl (C=O) groups excluding carboxylic acids is 1. The van der Waals surface area contributed by atoms with Crippen molar-refractivity contribution in [1.82, 2.24) is 0 Å². The first-order valence-electron chi connectivity index (χ1n) is 9.65. The highest BCUT2D eigenvalue weighted by atomic mass is 32.2. The van der Waals surface area contributed by atoms with Crippen molar-refractivity contribution in [3.8, 4) is 0 Å². The molecule has 0 fully saturated rings. The van der Waals surface area contributed by atoms with Crippen LogP contribution in [0.2, 0.25) is 0 Å². The van der Waals surface area contributed by atoms with Gasteiger partial charge in [-0.2, -0.15) is 0 Å². The number of nitrogens with one attached hydrogen (secondary N) is 1. The van der Waals surface area contributed by atoms with E-state index >= 15 is 0 Å². The molecule has 156 valence electrons. The van der Waals surface area contributed by atoms with Gasteiger partial charge in [-0.15, -0.1) is 0 Å². The minimum absolute atomic E-state index is 0.228. The number of nitrogens with zero attached hydrogens (tertiary/aromatic N) is 1. The summed E-state index contributed by atoms with van der Waals surface area (Å²) in [5.41, 5.74) is 5.57. The molecule has 0 aliphatic carbocycles. The fourth-order valence-corrected chi connectivity index (χ4v) is 4.49. The highest BCUT2D eigenvalue weighted by Crippen LogP contribution is 2.27. The van der Waals surface area contributed by atoms with Gasteiger partial charge in [0.25, 0.3) is 15.9 Å². The third kappa shape index (κ3) is 4.24. The first-order valence-corrected chi connectivity index (χ1v) is 11.1. The maximum Gasteiger partial charge on any atom is 0.264 e. The minimum Gasteiger partial charge on any atom is -0.322 e. The first kappa shape index (κ1) is 21.6. The van der Waals surface area contributed by atoms with Crippen LogP contribution in [0.25, 0.3) is 0 Å². The fourth-order valence-electron chi connectivity index (χ4n) is 3.23. The van der Waals surface area contributed by atoms with Gasteiger partial charge >= 0.3 is 0 Å². The smallest absolute Gasteiger partial charge is 0.264 e. The second-order valence-corrected chi connectivity index (χ2v) is 9.46. The summed E-state index contributed by atoms with van der Waals surface area (Å²) in [6.45, 7) is 7.66. The van der Waals surface area contributed by atoms with E-state index in [1.807, 2.05) is 39.0 Å². The molecule has 0 aliphatic heterocycles. The van der Waals surface area contributed by atoms with Gasteiger partial charge < -0.3 is 5.32 Å². The summed E-state index contributed by atoms with van der Waals surface area (Å²) in [6, 6.07) is 17.5. The number of aryl methyl sites for hydroxylation is 3. The molecule has 3 aromatic rings. The predicted octanol–water partition coefficient (Wildman–Crippen LogP) is 5.00. The number of hydrogen-bond donors (Lipinski definition) is 1. The second-order valence-electron chi connectivity index (χ2n) is 7.49. The van der Waals surface area contributed by atoms with Crippen LogP contribution in [0.3, 0.4) is 0 Å². The van der Waals surface area contributed by atoms with E-state index in [1.165, 1.54) is 11.4 Å². The predicted molar refractivity (Wildman–Crippen MR) is 122 cm³/mol. The van der Waals surface area contributed by atoms with Gasteiger partial charge in [-0.25, -0.2) is 8.42 Å². The van der Waals surface area contributed by atoms with Gasteiger partial charge in [0.15, 0.2) is 0 Å². The molecule has 0 radical (unpaired) electrons. The maximum absolute atomic E-state index is 13.0. The summed E-state index contributed by atoms with van der Waals surface area (Å²) in [5, 5.41) is 2.93. The third-order valence-corrected chi connectivity index (χ3v) is 7.12. The zero-order chi connectivity index (χ0) is 22.1. The zero-order valence-electron chi connectivity index (χ0n) is 17.9. The highest BCUT2D eigenvalue weighted by molar-refractivity contribution is 7.92. The maximum atomic E-state index is 13.0. The molecule has 5 nitrogen and oxygen atoms in total. The Morgan fingerprint density at radius 2 is 1.53 bits per heavy atom. The lowest BCUT2D eigenvalue weighted by Crippen LogP contribution is -2.27. The van der Waals surface area contributed by atoms with Crippen LogP contribution in [0.15, 0.2) is 65.6 Å². The first-order chi connectivity index (χ1) is 14.1.